The first-order chi connectivity index (χ1) is 23.0. The average molecular weight is 692 g/mol. The zero-order valence-electron chi connectivity index (χ0n) is 27.4. The molecule has 0 fully saturated rings. The second-order valence-corrected chi connectivity index (χ2v) is 15.5. The maximum atomic E-state index is 12.4. The van der Waals surface area contributed by atoms with Gasteiger partial charge in [-0.05, 0) is 67.3 Å². The fourth-order valence-electron chi connectivity index (χ4n) is 6.13. The van der Waals surface area contributed by atoms with E-state index in [2.05, 4.69) is 78.1 Å². The van der Waals surface area contributed by atoms with Crippen molar-refractivity contribution in [2.75, 3.05) is 12.8 Å². The SMILES string of the molecule is O=C(CCCCCCCCCCC[P+](c1ccccc1)(c1ccccc1)c1ccccn1)N[C@H](CO)[C@H](O)c1ccc([N+](=O)[O-])cc1.[Cl-]. The van der Waals surface area contributed by atoms with E-state index in [0.717, 1.165) is 38.3 Å². The van der Waals surface area contributed by atoms with Crippen LogP contribution in [0.15, 0.2) is 109 Å². The Bertz CT molecular complexity index is 1400. The van der Waals surface area contributed by atoms with Crippen LogP contribution in [0.5, 0.6) is 0 Å². The van der Waals surface area contributed by atoms with E-state index >= 15 is 0 Å². The van der Waals surface area contributed by atoms with Crippen LogP contribution in [0.1, 0.15) is 75.9 Å². The number of rotatable bonds is 20. The van der Waals surface area contributed by atoms with Gasteiger partial charge in [0.25, 0.3) is 5.69 Å². The number of nitro groups is 1. The first kappa shape index (κ1) is 38.8. The van der Waals surface area contributed by atoms with E-state index in [1.165, 1.54) is 66.0 Å². The molecule has 4 rings (SSSR count). The van der Waals surface area contributed by atoms with Crippen LogP contribution in [0.25, 0.3) is 0 Å². The predicted molar refractivity (Wildman–Crippen MR) is 191 cm³/mol. The van der Waals surface area contributed by atoms with Gasteiger partial charge in [-0.25, -0.2) is 4.98 Å². The molecule has 2 atom stereocenters. The van der Waals surface area contributed by atoms with E-state index in [0.29, 0.717) is 12.0 Å². The Hall–Kier alpha value is -3.68. The summed E-state index contributed by atoms with van der Waals surface area (Å²) in [4.78, 5) is 27.7. The number of aliphatic hydroxyl groups excluding tert-OH is 2. The molecule has 0 aliphatic rings. The summed E-state index contributed by atoms with van der Waals surface area (Å²) >= 11 is 0. The summed E-state index contributed by atoms with van der Waals surface area (Å²) in [6, 6.07) is 32.7. The van der Waals surface area contributed by atoms with Crippen LogP contribution in [-0.4, -0.2) is 44.8 Å². The first-order valence-corrected chi connectivity index (χ1v) is 18.7. The Labute approximate surface area is 290 Å². The molecule has 256 valence electrons. The number of benzene rings is 3. The topological polar surface area (TPSA) is 126 Å². The van der Waals surface area contributed by atoms with Crippen LogP contribution in [0.3, 0.4) is 0 Å². The molecule has 1 amide bonds. The highest BCUT2D eigenvalue weighted by Crippen LogP contribution is 2.55. The van der Waals surface area contributed by atoms with Crippen LogP contribution in [-0.2, 0) is 4.79 Å². The number of hydrogen-bond acceptors (Lipinski definition) is 6. The van der Waals surface area contributed by atoms with E-state index in [9.17, 15) is 25.1 Å². The zero-order chi connectivity index (χ0) is 33.3. The number of hydrogen-bond donors (Lipinski definition) is 3. The number of non-ortho nitro benzene ring substituents is 1. The summed E-state index contributed by atoms with van der Waals surface area (Å²) in [6.07, 6.45) is 12.0. The number of nitrogens with zero attached hydrogens (tertiary/aromatic N) is 2. The normalized spacial score (nSPS) is 12.5. The van der Waals surface area contributed by atoms with Gasteiger partial charge in [0, 0.05) is 30.8 Å². The third kappa shape index (κ3) is 10.9. The van der Waals surface area contributed by atoms with Crippen molar-refractivity contribution in [1.29, 1.82) is 0 Å². The Balaban J connectivity index is 0.00000625. The number of carbonyl (C=O) groups excluding carboxylic acids is 1. The number of halogens is 1. The lowest BCUT2D eigenvalue weighted by Gasteiger charge is -2.26. The molecule has 10 heteroatoms. The Morgan fingerprint density at radius 3 is 1.77 bits per heavy atom. The van der Waals surface area contributed by atoms with Crippen molar-refractivity contribution >= 4 is 34.9 Å². The predicted octanol–water partition coefficient (Wildman–Crippen LogP) is 3.40. The number of nitrogens with one attached hydrogen (secondary N) is 1. The van der Waals surface area contributed by atoms with Crippen LogP contribution in [0, 0.1) is 10.1 Å². The van der Waals surface area contributed by atoms with Gasteiger partial charge >= 0.3 is 0 Å². The number of nitro benzene ring substituents is 1. The lowest BCUT2D eigenvalue weighted by Crippen LogP contribution is -3.00. The Morgan fingerprint density at radius 2 is 1.27 bits per heavy atom. The molecule has 0 bridgehead atoms. The van der Waals surface area contributed by atoms with Crippen molar-refractivity contribution in [2.45, 2.75) is 76.4 Å². The summed E-state index contributed by atoms with van der Waals surface area (Å²) in [7, 11) is -1.87. The highest BCUT2D eigenvalue weighted by Gasteiger charge is 2.46. The molecule has 3 N–H and O–H groups in total. The van der Waals surface area contributed by atoms with Gasteiger partial charge in [-0.2, -0.15) is 0 Å². The largest absolute Gasteiger partial charge is 1.00 e. The number of pyridine rings is 1. The fraction of sp³-hybridized carbons (Fsp3) is 0.368. The van der Waals surface area contributed by atoms with Gasteiger partial charge in [-0.15, -0.1) is 0 Å². The first-order valence-electron chi connectivity index (χ1n) is 16.7. The fourth-order valence-corrected chi connectivity index (χ4v) is 10.4. The Morgan fingerprint density at radius 1 is 0.750 bits per heavy atom. The summed E-state index contributed by atoms with van der Waals surface area (Å²) in [5, 5.41) is 36.6. The zero-order valence-corrected chi connectivity index (χ0v) is 29.0. The lowest BCUT2D eigenvalue weighted by atomic mass is 10.0. The number of aliphatic hydroxyl groups is 2. The maximum Gasteiger partial charge on any atom is 0.269 e. The van der Waals surface area contributed by atoms with Crippen molar-refractivity contribution < 1.29 is 32.3 Å². The smallest absolute Gasteiger partial charge is 0.269 e. The lowest BCUT2D eigenvalue weighted by molar-refractivity contribution is -0.384. The quantitative estimate of drug-likeness (QED) is 0.0565. The molecule has 3 aromatic carbocycles. The van der Waals surface area contributed by atoms with Gasteiger partial charge in [0.2, 0.25) is 5.91 Å². The van der Waals surface area contributed by atoms with Gasteiger partial charge < -0.3 is 27.9 Å². The van der Waals surface area contributed by atoms with Crippen LogP contribution >= 0.6 is 7.26 Å². The number of aromatic nitrogens is 1. The molecule has 48 heavy (non-hydrogen) atoms. The molecule has 0 aliphatic carbocycles. The molecule has 0 unspecified atom stereocenters. The second kappa shape index (κ2) is 20.6. The van der Waals surface area contributed by atoms with E-state index in [4.69, 9.17) is 4.98 Å². The third-order valence-corrected chi connectivity index (χ3v) is 13.1. The minimum atomic E-state index is -1.87. The van der Waals surface area contributed by atoms with E-state index < -0.39 is 30.9 Å². The van der Waals surface area contributed by atoms with Gasteiger partial charge in [0.1, 0.15) is 24.0 Å². The summed E-state index contributed by atoms with van der Waals surface area (Å²) in [6.45, 7) is -0.436. The van der Waals surface area contributed by atoms with E-state index in [1.54, 1.807) is 0 Å². The van der Waals surface area contributed by atoms with E-state index in [1.807, 2.05) is 12.3 Å². The van der Waals surface area contributed by atoms with Crippen molar-refractivity contribution in [1.82, 2.24) is 10.3 Å². The molecule has 1 heterocycles. The Kier molecular flexibility index (Phi) is 16.7. The third-order valence-electron chi connectivity index (χ3n) is 8.70. The van der Waals surface area contributed by atoms with E-state index in [-0.39, 0.29) is 24.0 Å². The standard InChI is InChI=1S/C38H46N3O5P.ClH/c42-30-35(38(44)31-24-26-32(27-25-31)41(45)46)40-36(43)22-14-6-4-2-1-3-5-7-17-29-47(33-18-10-8-11-19-33,34-20-12-9-13-21-34)37-23-15-16-28-39-37;/h8-13,15-16,18-21,23-28,35,38,42,44H,1-7,14,17,22,29-30H2;1H/t35-,38-;/m1./s1. The van der Waals surface area contributed by atoms with Crippen molar-refractivity contribution in [3.8, 4) is 0 Å². The molecule has 8 nitrogen and oxygen atoms in total. The number of carbonyl (C=O) groups is 1. The summed E-state index contributed by atoms with van der Waals surface area (Å²) in [5.74, 6) is -0.222. The van der Waals surface area contributed by atoms with Crippen LogP contribution < -0.4 is 33.8 Å². The highest BCUT2D eigenvalue weighted by molar-refractivity contribution is 7.95. The van der Waals surface area contributed by atoms with Gasteiger partial charge in [-0.3, -0.25) is 14.9 Å². The van der Waals surface area contributed by atoms with Crippen molar-refractivity contribution in [2.24, 2.45) is 0 Å². The molecule has 0 saturated heterocycles. The molecule has 0 radical (unpaired) electrons. The molecule has 0 saturated carbocycles. The van der Waals surface area contributed by atoms with Gasteiger partial charge in [0.15, 0.2) is 5.44 Å². The van der Waals surface area contributed by atoms with Crippen molar-refractivity contribution in [3.05, 3.63) is 125 Å². The molecule has 0 aliphatic heterocycles. The highest BCUT2D eigenvalue weighted by atomic mass is 35.5. The molecule has 1 aromatic heterocycles. The molecule has 4 aromatic rings. The number of amides is 1. The summed E-state index contributed by atoms with van der Waals surface area (Å²) < 4.78 is 0. The van der Waals surface area contributed by atoms with Crippen molar-refractivity contribution in [3.63, 3.8) is 0 Å². The van der Waals surface area contributed by atoms with Crippen LogP contribution in [0.4, 0.5) is 5.69 Å². The monoisotopic (exact) mass is 691 g/mol. The average Bonchev–Trinajstić information content (AvgIpc) is 3.12. The van der Waals surface area contributed by atoms with Gasteiger partial charge in [-0.1, -0.05) is 81.0 Å². The van der Waals surface area contributed by atoms with Crippen LogP contribution in [0.2, 0.25) is 0 Å². The minimum Gasteiger partial charge on any atom is -1.00 e. The summed E-state index contributed by atoms with van der Waals surface area (Å²) in [5.41, 5.74) is 1.51. The maximum absolute atomic E-state index is 12.4. The molecular formula is C38H47ClN3O5P. The molecular weight excluding hydrogens is 645 g/mol. The van der Waals surface area contributed by atoms with Gasteiger partial charge in [0.05, 0.1) is 23.7 Å². The number of unbranched alkanes of at least 4 members (excludes halogenated alkanes) is 8. The minimum absolute atomic E-state index is 0. The molecule has 0 spiro atoms. The second-order valence-electron chi connectivity index (χ2n) is 12.0.